The molecule has 0 fully saturated rings. The van der Waals surface area contributed by atoms with Gasteiger partial charge in [-0.25, -0.2) is 4.98 Å². The summed E-state index contributed by atoms with van der Waals surface area (Å²) in [5.41, 5.74) is 0.921. The Morgan fingerprint density at radius 3 is 2.77 bits per heavy atom. The van der Waals surface area contributed by atoms with Crippen LogP contribution < -0.4 is 10.6 Å². The van der Waals surface area contributed by atoms with Crippen LogP contribution in [0.3, 0.4) is 0 Å². The Hall–Kier alpha value is -3.05. The molecule has 0 saturated heterocycles. The lowest BCUT2D eigenvalue weighted by molar-refractivity contribution is -0.384. The molecule has 0 saturated carbocycles. The van der Waals surface area contributed by atoms with Crippen molar-refractivity contribution in [3.05, 3.63) is 74.5 Å². The van der Waals surface area contributed by atoms with E-state index >= 15 is 0 Å². The second-order valence-electron chi connectivity index (χ2n) is 6.11. The number of nitro groups is 1. The second kappa shape index (κ2) is 8.60. The number of carbonyl (C=O) groups excluding carboxylic acids is 1. The van der Waals surface area contributed by atoms with E-state index < -0.39 is 10.8 Å². The van der Waals surface area contributed by atoms with Crippen LogP contribution in [0, 0.1) is 10.1 Å². The van der Waals surface area contributed by atoms with Gasteiger partial charge in [-0.3, -0.25) is 20.2 Å². The molecule has 2 N–H and O–H groups in total. The lowest BCUT2D eigenvalue weighted by atomic mass is 10.1. The number of non-ortho nitro benzene ring substituents is 1. The summed E-state index contributed by atoms with van der Waals surface area (Å²) in [6.07, 6.45) is 0. The summed E-state index contributed by atoms with van der Waals surface area (Å²) in [5, 5.41) is 17.4. The quantitative estimate of drug-likeness (QED) is 0.207. The van der Waals surface area contributed by atoms with E-state index in [1.165, 1.54) is 35.6 Å². The number of hydrogen-bond acceptors (Lipinski definition) is 7. The molecule has 0 spiro atoms. The third-order valence-electron chi connectivity index (χ3n) is 4.07. The first-order valence-electron chi connectivity index (χ1n) is 8.53. The number of amides is 1. The van der Waals surface area contributed by atoms with Gasteiger partial charge in [-0.15, -0.1) is 0 Å². The molecule has 4 aromatic rings. The number of nitrogens with one attached hydrogen (secondary N) is 2. The minimum absolute atomic E-state index is 0.00946. The molecule has 0 bridgehead atoms. The number of thiocarbonyl (C=S) groups is 1. The number of thiazole rings is 1. The number of rotatable bonds is 4. The Morgan fingerprint density at radius 1 is 1.19 bits per heavy atom. The predicted molar refractivity (Wildman–Crippen MR) is 124 cm³/mol. The van der Waals surface area contributed by atoms with Crippen LogP contribution in [0.25, 0.3) is 21.5 Å². The van der Waals surface area contributed by atoms with Gasteiger partial charge in [-0.05, 0) is 36.5 Å². The van der Waals surface area contributed by atoms with Crippen LogP contribution in [0.5, 0.6) is 0 Å². The average Bonchev–Trinajstić information content (AvgIpc) is 3.38. The molecule has 2 aromatic heterocycles. The fourth-order valence-corrected chi connectivity index (χ4v) is 4.22. The second-order valence-corrected chi connectivity index (χ2v) is 8.33. The van der Waals surface area contributed by atoms with Crippen LogP contribution in [0.1, 0.15) is 10.6 Å². The lowest BCUT2D eigenvalue weighted by Crippen LogP contribution is -2.33. The Bertz CT molecular complexity index is 1350. The first-order chi connectivity index (χ1) is 14.8. The first kappa shape index (κ1) is 21.2. The van der Waals surface area contributed by atoms with Gasteiger partial charge in [0.25, 0.3) is 11.6 Å². The fraction of sp³-hybridized carbons (Fsp3) is 0. The SMILES string of the molecule is O=C(NC(=S)Nc1nc2c(Cl)c(Cl)ccc2s1)c1ccc(-c2cccc([N+](=O)[O-])c2)o1. The number of hydrogen-bond donors (Lipinski definition) is 2. The molecule has 31 heavy (non-hydrogen) atoms. The highest BCUT2D eigenvalue weighted by molar-refractivity contribution is 7.80. The van der Waals surface area contributed by atoms with Gasteiger partial charge in [-0.2, -0.15) is 0 Å². The Labute approximate surface area is 193 Å². The molecule has 0 radical (unpaired) electrons. The van der Waals surface area contributed by atoms with E-state index in [0.717, 1.165) is 4.70 Å². The molecule has 0 aliphatic heterocycles. The Morgan fingerprint density at radius 2 is 2.00 bits per heavy atom. The van der Waals surface area contributed by atoms with Gasteiger partial charge >= 0.3 is 0 Å². The molecule has 8 nitrogen and oxygen atoms in total. The molecule has 0 aliphatic rings. The number of nitrogens with zero attached hydrogens (tertiary/aromatic N) is 2. The average molecular weight is 493 g/mol. The third-order valence-corrected chi connectivity index (χ3v) is 6.01. The minimum atomic E-state index is -0.587. The van der Waals surface area contributed by atoms with Gasteiger partial charge in [0.1, 0.15) is 11.3 Å². The van der Waals surface area contributed by atoms with Gasteiger partial charge in [0.15, 0.2) is 16.0 Å². The van der Waals surface area contributed by atoms with Crippen LogP contribution in [0.15, 0.2) is 52.9 Å². The molecule has 12 heteroatoms. The molecule has 156 valence electrons. The van der Waals surface area contributed by atoms with Crippen molar-refractivity contribution in [2.75, 3.05) is 5.32 Å². The number of furan rings is 1. The predicted octanol–water partition coefficient (Wildman–Crippen LogP) is 5.90. The topological polar surface area (TPSA) is 110 Å². The van der Waals surface area contributed by atoms with Crippen LogP contribution in [0.2, 0.25) is 10.0 Å². The summed E-state index contributed by atoms with van der Waals surface area (Å²) in [5.74, 6) is -0.286. The highest BCUT2D eigenvalue weighted by Crippen LogP contribution is 2.35. The largest absolute Gasteiger partial charge is 0.451 e. The van der Waals surface area contributed by atoms with E-state index in [4.69, 9.17) is 39.8 Å². The van der Waals surface area contributed by atoms with E-state index in [0.29, 0.717) is 32.0 Å². The van der Waals surface area contributed by atoms with Crippen molar-refractivity contribution in [3.63, 3.8) is 0 Å². The van der Waals surface area contributed by atoms with Crippen molar-refractivity contribution >= 4 is 78.8 Å². The number of fused-ring (bicyclic) bond motifs is 1. The van der Waals surface area contributed by atoms with Crippen molar-refractivity contribution < 1.29 is 14.1 Å². The maximum absolute atomic E-state index is 12.4. The maximum atomic E-state index is 12.4. The summed E-state index contributed by atoms with van der Waals surface area (Å²) in [6, 6.07) is 12.4. The first-order valence-corrected chi connectivity index (χ1v) is 10.5. The van der Waals surface area contributed by atoms with E-state index in [1.807, 2.05) is 0 Å². The van der Waals surface area contributed by atoms with Gasteiger partial charge in [0, 0.05) is 17.7 Å². The zero-order valence-corrected chi connectivity index (χ0v) is 18.4. The fourth-order valence-electron chi connectivity index (χ4n) is 2.67. The molecule has 0 unspecified atom stereocenters. The third kappa shape index (κ3) is 4.52. The molecule has 4 rings (SSSR count). The number of carbonyl (C=O) groups is 1. The molecular formula is C19H10Cl2N4O4S2. The summed E-state index contributed by atoms with van der Waals surface area (Å²) in [6.45, 7) is 0. The standard InChI is InChI=1S/C19H10Cl2N4O4S2/c20-11-4-7-14-16(15(11)21)22-19(31-14)24-18(30)23-17(26)13-6-5-12(29-13)9-2-1-3-10(8-9)25(27)28/h1-8H,(H2,22,23,24,26,30). The summed E-state index contributed by atoms with van der Waals surface area (Å²) < 4.78 is 6.33. The number of aromatic nitrogens is 1. The highest BCUT2D eigenvalue weighted by Gasteiger charge is 2.17. The normalized spacial score (nSPS) is 10.8. The highest BCUT2D eigenvalue weighted by atomic mass is 35.5. The van der Waals surface area contributed by atoms with Crippen LogP contribution in [-0.4, -0.2) is 20.9 Å². The van der Waals surface area contributed by atoms with Crippen LogP contribution in [-0.2, 0) is 0 Å². The molecular weight excluding hydrogens is 483 g/mol. The number of halogens is 2. The molecule has 0 aliphatic carbocycles. The zero-order valence-electron chi connectivity index (χ0n) is 15.2. The zero-order chi connectivity index (χ0) is 22.1. The summed E-state index contributed by atoms with van der Waals surface area (Å²) in [4.78, 5) is 27.2. The number of benzene rings is 2. The Balaban J connectivity index is 1.45. The van der Waals surface area contributed by atoms with Crippen molar-refractivity contribution in [2.45, 2.75) is 0 Å². The molecule has 1 amide bonds. The van der Waals surface area contributed by atoms with E-state index in [-0.39, 0.29) is 16.6 Å². The van der Waals surface area contributed by atoms with Gasteiger partial charge in [-0.1, -0.05) is 46.7 Å². The smallest absolute Gasteiger partial charge is 0.293 e. The van der Waals surface area contributed by atoms with E-state index in [1.54, 1.807) is 24.3 Å². The van der Waals surface area contributed by atoms with Crippen molar-refractivity contribution in [1.29, 1.82) is 0 Å². The number of anilines is 1. The van der Waals surface area contributed by atoms with Crippen molar-refractivity contribution in [3.8, 4) is 11.3 Å². The lowest BCUT2D eigenvalue weighted by Gasteiger charge is -2.05. The van der Waals surface area contributed by atoms with Gasteiger partial charge < -0.3 is 9.73 Å². The van der Waals surface area contributed by atoms with Crippen LogP contribution >= 0.6 is 46.8 Å². The molecule has 2 aromatic carbocycles. The monoisotopic (exact) mass is 492 g/mol. The van der Waals surface area contributed by atoms with Crippen molar-refractivity contribution in [1.82, 2.24) is 10.3 Å². The van der Waals surface area contributed by atoms with E-state index in [2.05, 4.69) is 15.6 Å². The summed E-state index contributed by atoms with van der Waals surface area (Å²) >= 11 is 18.6. The minimum Gasteiger partial charge on any atom is -0.451 e. The van der Waals surface area contributed by atoms with E-state index in [9.17, 15) is 14.9 Å². The van der Waals surface area contributed by atoms with Crippen LogP contribution in [0.4, 0.5) is 10.8 Å². The van der Waals surface area contributed by atoms with Crippen molar-refractivity contribution in [2.24, 2.45) is 0 Å². The Kier molecular flexibility index (Phi) is 5.88. The molecule has 2 heterocycles. The summed E-state index contributed by atoms with van der Waals surface area (Å²) in [7, 11) is 0. The number of nitro benzene ring substituents is 1. The maximum Gasteiger partial charge on any atom is 0.293 e. The molecule has 0 atom stereocenters. The van der Waals surface area contributed by atoms with Gasteiger partial charge in [0.05, 0.1) is 19.7 Å². The van der Waals surface area contributed by atoms with Gasteiger partial charge in [0.2, 0.25) is 0 Å².